The second-order valence-electron chi connectivity index (χ2n) is 5.15. The van der Waals surface area contributed by atoms with Crippen molar-refractivity contribution < 1.29 is 4.79 Å². The Morgan fingerprint density at radius 1 is 1.42 bits per heavy atom. The molecule has 0 bridgehead atoms. The zero-order valence-corrected chi connectivity index (χ0v) is 11.4. The standard InChI is InChI=1S/C14H22N4O/c1-18-7-6-12(10-18)9-16-14(19)17-13-4-2-11(8-15)3-5-13/h2-5,12H,6-10,15H2,1H3,(H2,16,17,19). The number of nitrogens with two attached hydrogens (primary N) is 1. The monoisotopic (exact) mass is 262 g/mol. The fourth-order valence-electron chi connectivity index (χ4n) is 2.33. The number of likely N-dealkylation sites (tertiary alicyclic amines) is 1. The van der Waals surface area contributed by atoms with Crippen molar-refractivity contribution in [2.24, 2.45) is 11.7 Å². The van der Waals surface area contributed by atoms with Gasteiger partial charge in [-0.25, -0.2) is 4.79 Å². The molecule has 19 heavy (non-hydrogen) atoms. The fraction of sp³-hybridized carbons (Fsp3) is 0.500. The van der Waals surface area contributed by atoms with Crippen molar-refractivity contribution in [3.05, 3.63) is 29.8 Å². The largest absolute Gasteiger partial charge is 0.338 e. The Morgan fingerprint density at radius 3 is 2.74 bits per heavy atom. The molecule has 1 fully saturated rings. The number of hydrogen-bond acceptors (Lipinski definition) is 3. The minimum absolute atomic E-state index is 0.143. The molecule has 1 aromatic rings. The lowest BCUT2D eigenvalue weighted by Crippen LogP contribution is -2.33. The Labute approximate surface area is 114 Å². The number of carbonyl (C=O) groups is 1. The van der Waals surface area contributed by atoms with Crippen LogP contribution in [0.3, 0.4) is 0 Å². The lowest BCUT2D eigenvalue weighted by molar-refractivity contribution is 0.250. The zero-order valence-electron chi connectivity index (χ0n) is 11.4. The van der Waals surface area contributed by atoms with E-state index >= 15 is 0 Å². The van der Waals surface area contributed by atoms with Crippen molar-refractivity contribution >= 4 is 11.7 Å². The van der Waals surface area contributed by atoms with Gasteiger partial charge in [0.05, 0.1) is 0 Å². The van der Waals surface area contributed by atoms with E-state index < -0.39 is 0 Å². The summed E-state index contributed by atoms with van der Waals surface area (Å²) in [6.07, 6.45) is 1.15. The van der Waals surface area contributed by atoms with E-state index in [4.69, 9.17) is 5.73 Å². The van der Waals surface area contributed by atoms with Gasteiger partial charge in [-0.1, -0.05) is 12.1 Å². The normalized spacial score (nSPS) is 19.4. The molecular weight excluding hydrogens is 240 g/mol. The molecule has 104 valence electrons. The van der Waals surface area contributed by atoms with Crippen molar-refractivity contribution in [2.45, 2.75) is 13.0 Å². The third-order valence-corrected chi connectivity index (χ3v) is 3.49. The van der Waals surface area contributed by atoms with Gasteiger partial charge in [-0.15, -0.1) is 0 Å². The first-order valence-electron chi connectivity index (χ1n) is 6.70. The molecule has 1 aliphatic rings. The van der Waals surface area contributed by atoms with Crippen LogP contribution in [0.15, 0.2) is 24.3 Å². The van der Waals surface area contributed by atoms with Crippen molar-refractivity contribution in [1.82, 2.24) is 10.2 Å². The van der Waals surface area contributed by atoms with E-state index in [1.165, 1.54) is 0 Å². The summed E-state index contributed by atoms with van der Waals surface area (Å²) in [6.45, 7) is 3.43. The number of nitrogens with zero attached hydrogens (tertiary/aromatic N) is 1. The number of urea groups is 1. The predicted molar refractivity (Wildman–Crippen MR) is 77.0 cm³/mol. The van der Waals surface area contributed by atoms with Gasteiger partial charge in [-0.2, -0.15) is 0 Å². The number of benzene rings is 1. The summed E-state index contributed by atoms with van der Waals surface area (Å²) in [4.78, 5) is 14.0. The molecule has 1 atom stereocenters. The van der Waals surface area contributed by atoms with Crippen LogP contribution < -0.4 is 16.4 Å². The summed E-state index contributed by atoms with van der Waals surface area (Å²) in [5.41, 5.74) is 7.37. The van der Waals surface area contributed by atoms with Crippen molar-refractivity contribution in [1.29, 1.82) is 0 Å². The van der Waals surface area contributed by atoms with Crippen molar-refractivity contribution in [3.8, 4) is 0 Å². The maximum atomic E-state index is 11.7. The smallest absolute Gasteiger partial charge is 0.319 e. The van der Waals surface area contributed by atoms with Crippen molar-refractivity contribution in [2.75, 3.05) is 32.0 Å². The highest BCUT2D eigenvalue weighted by Crippen LogP contribution is 2.13. The van der Waals surface area contributed by atoms with Crippen LogP contribution in [-0.4, -0.2) is 37.6 Å². The summed E-state index contributed by atoms with van der Waals surface area (Å²) < 4.78 is 0. The quantitative estimate of drug-likeness (QED) is 0.764. The van der Waals surface area contributed by atoms with Gasteiger partial charge in [-0.05, 0) is 43.6 Å². The molecule has 2 amide bonds. The SMILES string of the molecule is CN1CCC(CNC(=O)Nc2ccc(CN)cc2)C1. The molecule has 5 heteroatoms. The van der Waals surface area contributed by atoms with Crippen LogP contribution >= 0.6 is 0 Å². The molecule has 1 heterocycles. The summed E-state index contributed by atoms with van der Waals surface area (Å²) in [7, 11) is 2.11. The number of carbonyl (C=O) groups excluding carboxylic acids is 1. The Morgan fingerprint density at radius 2 is 2.16 bits per heavy atom. The fourth-order valence-corrected chi connectivity index (χ4v) is 2.33. The van der Waals surface area contributed by atoms with Gasteiger partial charge in [0.15, 0.2) is 0 Å². The molecule has 4 N–H and O–H groups in total. The summed E-state index contributed by atoms with van der Waals surface area (Å²) in [5.74, 6) is 0.565. The van der Waals surface area contributed by atoms with E-state index in [2.05, 4.69) is 22.6 Å². The van der Waals surface area contributed by atoms with Crippen LogP contribution in [0.5, 0.6) is 0 Å². The van der Waals surface area contributed by atoms with E-state index in [1.807, 2.05) is 24.3 Å². The molecule has 1 aromatic carbocycles. The van der Waals surface area contributed by atoms with Gasteiger partial charge in [0.25, 0.3) is 0 Å². The highest BCUT2D eigenvalue weighted by atomic mass is 16.2. The molecule has 1 aliphatic heterocycles. The lowest BCUT2D eigenvalue weighted by Gasteiger charge is -2.12. The van der Waals surface area contributed by atoms with Crippen LogP contribution in [0.25, 0.3) is 0 Å². The maximum Gasteiger partial charge on any atom is 0.319 e. The third-order valence-electron chi connectivity index (χ3n) is 3.49. The molecule has 5 nitrogen and oxygen atoms in total. The minimum Gasteiger partial charge on any atom is -0.338 e. The number of hydrogen-bond donors (Lipinski definition) is 3. The Bertz CT molecular complexity index is 418. The number of amides is 2. The Balaban J connectivity index is 1.74. The molecule has 0 radical (unpaired) electrons. The van der Waals surface area contributed by atoms with Crippen LogP contribution in [0.4, 0.5) is 10.5 Å². The zero-order chi connectivity index (χ0) is 13.7. The molecule has 1 saturated heterocycles. The second kappa shape index (κ2) is 6.54. The van der Waals surface area contributed by atoms with Crippen LogP contribution in [0.2, 0.25) is 0 Å². The summed E-state index contributed by atoms with van der Waals surface area (Å²) >= 11 is 0. The first-order chi connectivity index (χ1) is 9.17. The van der Waals surface area contributed by atoms with Crippen LogP contribution in [0, 0.1) is 5.92 Å². The third kappa shape index (κ3) is 4.22. The highest BCUT2D eigenvalue weighted by Gasteiger charge is 2.19. The first-order valence-corrected chi connectivity index (χ1v) is 6.70. The lowest BCUT2D eigenvalue weighted by atomic mass is 10.1. The molecule has 2 rings (SSSR count). The van der Waals surface area contributed by atoms with E-state index in [0.29, 0.717) is 12.5 Å². The van der Waals surface area contributed by atoms with E-state index in [-0.39, 0.29) is 6.03 Å². The molecule has 0 spiro atoms. The average Bonchev–Trinajstić information content (AvgIpc) is 2.83. The van der Waals surface area contributed by atoms with E-state index in [1.54, 1.807) is 0 Å². The number of rotatable bonds is 4. The van der Waals surface area contributed by atoms with E-state index in [9.17, 15) is 4.79 Å². The molecule has 0 aliphatic carbocycles. The van der Waals surface area contributed by atoms with Gasteiger partial charge in [0.2, 0.25) is 0 Å². The van der Waals surface area contributed by atoms with Crippen LogP contribution in [-0.2, 0) is 6.54 Å². The van der Waals surface area contributed by atoms with Crippen LogP contribution in [0.1, 0.15) is 12.0 Å². The first kappa shape index (κ1) is 13.8. The average molecular weight is 262 g/mol. The molecule has 0 aromatic heterocycles. The number of nitrogens with one attached hydrogen (secondary N) is 2. The van der Waals surface area contributed by atoms with Gasteiger partial charge >= 0.3 is 6.03 Å². The minimum atomic E-state index is -0.143. The summed E-state index contributed by atoms with van der Waals surface area (Å²) in [6, 6.07) is 7.43. The predicted octanol–water partition coefficient (Wildman–Crippen LogP) is 1.22. The molecule has 1 unspecified atom stereocenters. The molecule has 0 saturated carbocycles. The topological polar surface area (TPSA) is 70.4 Å². The number of anilines is 1. The van der Waals surface area contributed by atoms with Crippen molar-refractivity contribution in [3.63, 3.8) is 0 Å². The Hall–Kier alpha value is -1.59. The summed E-state index contributed by atoms with van der Waals surface area (Å²) in [5, 5.41) is 5.74. The van der Waals surface area contributed by atoms with Gasteiger partial charge in [0.1, 0.15) is 0 Å². The second-order valence-corrected chi connectivity index (χ2v) is 5.15. The maximum absolute atomic E-state index is 11.7. The highest BCUT2D eigenvalue weighted by molar-refractivity contribution is 5.89. The Kier molecular flexibility index (Phi) is 4.76. The van der Waals surface area contributed by atoms with Gasteiger partial charge in [-0.3, -0.25) is 0 Å². The van der Waals surface area contributed by atoms with Gasteiger partial charge < -0.3 is 21.3 Å². The van der Waals surface area contributed by atoms with E-state index in [0.717, 1.165) is 37.3 Å². The molecular formula is C14H22N4O. The van der Waals surface area contributed by atoms with Gasteiger partial charge in [0, 0.05) is 25.3 Å².